The zero-order chi connectivity index (χ0) is 16.7. The molecule has 1 saturated heterocycles. The SMILES string of the molecule is C[C@H](C(=O)O)[C@H](c1ccc2c(c1)OC1(CCNCC1)CC2)C1CC1. The number of carboxylic acids is 1. The summed E-state index contributed by atoms with van der Waals surface area (Å²) in [5.41, 5.74) is 2.42. The van der Waals surface area contributed by atoms with Gasteiger partial charge in [-0.15, -0.1) is 0 Å². The topological polar surface area (TPSA) is 58.6 Å². The van der Waals surface area contributed by atoms with Crippen LogP contribution >= 0.6 is 0 Å². The Bertz CT molecular complexity index is 632. The summed E-state index contributed by atoms with van der Waals surface area (Å²) in [6.07, 6.45) is 6.59. The highest BCUT2D eigenvalue weighted by molar-refractivity contribution is 5.71. The van der Waals surface area contributed by atoms with Crippen molar-refractivity contribution in [3.63, 3.8) is 0 Å². The number of hydrogen-bond donors (Lipinski definition) is 2. The molecule has 2 fully saturated rings. The minimum Gasteiger partial charge on any atom is -0.487 e. The fourth-order valence-electron chi connectivity index (χ4n) is 4.54. The Morgan fingerprint density at radius 1 is 1.29 bits per heavy atom. The molecular formula is C20H27NO3. The Morgan fingerprint density at radius 2 is 2.04 bits per heavy atom. The summed E-state index contributed by atoms with van der Waals surface area (Å²) >= 11 is 0. The third kappa shape index (κ3) is 2.92. The molecule has 1 aliphatic carbocycles. The molecule has 1 aromatic rings. The number of nitrogens with one attached hydrogen (secondary N) is 1. The number of aliphatic carboxylic acids is 1. The van der Waals surface area contributed by atoms with Crippen LogP contribution in [0, 0.1) is 11.8 Å². The first-order chi connectivity index (χ1) is 11.6. The third-order valence-corrected chi connectivity index (χ3v) is 6.23. The largest absolute Gasteiger partial charge is 0.487 e. The number of hydrogen-bond acceptors (Lipinski definition) is 3. The van der Waals surface area contributed by atoms with Gasteiger partial charge in [-0.25, -0.2) is 0 Å². The highest BCUT2D eigenvalue weighted by Crippen LogP contribution is 2.48. The number of rotatable bonds is 4. The lowest BCUT2D eigenvalue weighted by Crippen LogP contribution is -2.48. The zero-order valence-electron chi connectivity index (χ0n) is 14.4. The van der Waals surface area contributed by atoms with Crippen LogP contribution in [0.4, 0.5) is 0 Å². The molecule has 3 aliphatic rings. The van der Waals surface area contributed by atoms with Gasteiger partial charge in [0, 0.05) is 0 Å². The van der Waals surface area contributed by atoms with Gasteiger partial charge in [0.2, 0.25) is 0 Å². The lowest BCUT2D eigenvalue weighted by atomic mass is 9.80. The van der Waals surface area contributed by atoms with E-state index < -0.39 is 5.97 Å². The molecule has 4 nitrogen and oxygen atoms in total. The standard InChI is InChI=1S/C20H27NO3/c1-13(19(22)23)18(15-3-4-15)16-5-2-14-6-7-20(24-17(14)12-16)8-10-21-11-9-20/h2,5,12-13,15,18,21H,3-4,6-11H2,1H3,(H,22,23)/t13-,18-/m0/s1. The van der Waals surface area contributed by atoms with Gasteiger partial charge in [0.25, 0.3) is 0 Å². The van der Waals surface area contributed by atoms with Crippen molar-refractivity contribution in [1.82, 2.24) is 5.32 Å². The summed E-state index contributed by atoms with van der Waals surface area (Å²) in [7, 11) is 0. The first-order valence-corrected chi connectivity index (χ1v) is 9.33. The Labute approximate surface area is 143 Å². The van der Waals surface area contributed by atoms with Gasteiger partial charge in [0.15, 0.2) is 0 Å². The number of ether oxygens (including phenoxy) is 1. The van der Waals surface area contributed by atoms with Gasteiger partial charge in [-0.3, -0.25) is 4.79 Å². The maximum atomic E-state index is 11.5. The van der Waals surface area contributed by atoms with Gasteiger partial charge in [-0.2, -0.15) is 0 Å². The second-order valence-electron chi connectivity index (χ2n) is 7.89. The molecule has 0 bridgehead atoms. The monoisotopic (exact) mass is 329 g/mol. The van der Waals surface area contributed by atoms with Crippen molar-refractivity contribution >= 4 is 5.97 Å². The van der Waals surface area contributed by atoms with Crippen molar-refractivity contribution in [2.75, 3.05) is 13.1 Å². The van der Waals surface area contributed by atoms with Gasteiger partial charge in [-0.05, 0) is 80.6 Å². The summed E-state index contributed by atoms with van der Waals surface area (Å²) in [6.45, 7) is 3.89. The third-order valence-electron chi connectivity index (χ3n) is 6.23. The summed E-state index contributed by atoms with van der Waals surface area (Å²) in [5.74, 6) is 0.601. The van der Waals surface area contributed by atoms with Crippen molar-refractivity contribution in [1.29, 1.82) is 0 Å². The minimum absolute atomic E-state index is 0.00956. The van der Waals surface area contributed by atoms with Crippen LogP contribution in [0.1, 0.15) is 56.1 Å². The van der Waals surface area contributed by atoms with Crippen LogP contribution in [0.5, 0.6) is 5.75 Å². The summed E-state index contributed by atoms with van der Waals surface area (Å²) < 4.78 is 6.50. The zero-order valence-corrected chi connectivity index (χ0v) is 14.4. The van der Waals surface area contributed by atoms with Crippen LogP contribution in [-0.4, -0.2) is 29.8 Å². The number of piperidine rings is 1. The molecule has 4 heteroatoms. The maximum absolute atomic E-state index is 11.5. The minimum atomic E-state index is -0.694. The van der Waals surface area contributed by atoms with Gasteiger partial charge >= 0.3 is 5.97 Å². The molecule has 0 amide bonds. The second kappa shape index (κ2) is 6.07. The van der Waals surface area contributed by atoms with Crippen molar-refractivity contribution in [2.45, 2.75) is 57.0 Å². The Balaban J connectivity index is 1.62. The van der Waals surface area contributed by atoms with Crippen molar-refractivity contribution in [2.24, 2.45) is 11.8 Å². The van der Waals surface area contributed by atoms with Crippen LogP contribution in [0.2, 0.25) is 0 Å². The molecule has 0 unspecified atom stereocenters. The molecule has 2 aliphatic heterocycles. The van der Waals surface area contributed by atoms with Gasteiger partial charge in [0.1, 0.15) is 11.4 Å². The molecular weight excluding hydrogens is 302 g/mol. The molecule has 1 spiro atoms. The van der Waals surface area contributed by atoms with Crippen LogP contribution < -0.4 is 10.1 Å². The number of carboxylic acid groups (broad SMARTS) is 1. The van der Waals surface area contributed by atoms with Crippen LogP contribution in [-0.2, 0) is 11.2 Å². The van der Waals surface area contributed by atoms with Crippen molar-refractivity contribution in [3.05, 3.63) is 29.3 Å². The van der Waals surface area contributed by atoms with E-state index in [2.05, 4.69) is 23.5 Å². The molecule has 2 heterocycles. The maximum Gasteiger partial charge on any atom is 0.306 e. The molecule has 24 heavy (non-hydrogen) atoms. The number of benzene rings is 1. The lowest BCUT2D eigenvalue weighted by Gasteiger charge is -2.42. The average molecular weight is 329 g/mol. The lowest BCUT2D eigenvalue weighted by molar-refractivity contribution is -0.142. The van der Waals surface area contributed by atoms with E-state index in [1.165, 1.54) is 5.56 Å². The van der Waals surface area contributed by atoms with E-state index in [9.17, 15) is 9.90 Å². The molecule has 130 valence electrons. The molecule has 1 saturated carbocycles. The highest BCUT2D eigenvalue weighted by Gasteiger charge is 2.41. The predicted octanol–water partition coefficient (Wildman–Crippen LogP) is 3.35. The van der Waals surface area contributed by atoms with Crippen molar-refractivity contribution < 1.29 is 14.6 Å². The van der Waals surface area contributed by atoms with Crippen LogP contribution in [0.25, 0.3) is 0 Å². The average Bonchev–Trinajstić information content (AvgIpc) is 3.40. The quantitative estimate of drug-likeness (QED) is 0.889. The number of aryl methyl sites for hydroxylation is 1. The molecule has 0 radical (unpaired) electrons. The van der Waals surface area contributed by atoms with Crippen LogP contribution in [0.15, 0.2) is 18.2 Å². The van der Waals surface area contributed by atoms with E-state index in [4.69, 9.17) is 4.74 Å². The first-order valence-electron chi connectivity index (χ1n) is 9.33. The Kier molecular flexibility index (Phi) is 4.03. The van der Waals surface area contributed by atoms with Gasteiger partial charge in [0.05, 0.1) is 5.92 Å². The van der Waals surface area contributed by atoms with Gasteiger partial charge < -0.3 is 15.2 Å². The fraction of sp³-hybridized carbons (Fsp3) is 0.650. The number of fused-ring (bicyclic) bond motifs is 1. The summed E-state index contributed by atoms with van der Waals surface area (Å²) in [4.78, 5) is 11.5. The van der Waals surface area contributed by atoms with E-state index in [0.29, 0.717) is 5.92 Å². The molecule has 1 aromatic carbocycles. The Morgan fingerprint density at radius 3 is 2.71 bits per heavy atom. The van der Waals surface area contributed by atoms with E-state index in [0.717, 1.165) is 62.9 Å². The van der Waals surface area contributed by atoms with Gasteiger partial charge in [-0.1, -0.05) is 19.1 Å². The number of carbonyl (C=O) groups is 1. The fourth-order valence-corrected chi connectivity index (χ4v) is 4.54. The Hall–Kier alpha value is -1.55. The summed E-state index contributed by atoms with van der Waals surface area (Å²) in [6, 6.07) is 6.47. The summed E-state index contributed by atoms with van der Waals surface area (Å²) in [5, 5.41) is 12.9. The van der Waals surface area contributed by atoms with E-state index in [1.54, 1.807) is 0 Å². The normalized spacial score (nSPS) is 24.7. The van der Waals surface area contributed by atoms with Crippen LogP contribution in [0.3, 0.4) is 0 Å². The first kappa shape index (κ1) is 15.9. The van der Waals surface area contributed by atoms with Crippen molar-refractivity contribution in [3.8, 4) is 5.75 Å². The molecule has 4 rings (SSSR count). The molecule has 2 atom stereocenters. The van der Waals surface area contributed by atoms with E-state index >= 15 is 0 Å². The highest BCUT2D eigenvalue weighted by atomic mass is 16.5. The predicted molar refractivity (Wildman–Crippen MR) is 92.5 cm³/mol. The second-order valence-corrected chi connectivity index (χ2v) is 7.89. The van der Waals surface area contributed by atoms with E-state index in [1.807, 2.05) is 6.92 Å². The van der Waals surface area contributed by atoms with E-state index in [-0.39, 0.29) is 17.4 Å². The molecule has 0 aromatic heterocycles. The smallest absolute Gasteiger partial charge is 0.306 e. The molecule has 2 N–H and O–H groups in total.